The molecular weight excluding hydrogens is 432 g/mol. The fourth-order valence-electron chi connectivity index (χ4n) is 2.82. The van der Waals surface area contributed by atoms with Crippen LogP contribution in [0.2, 0.25) is 0 Å². The normalized spacial score (nSPS) is 17.8. The number of carbonyl (C=O) groups excluding carboxylic acids is 3. The minimum Gasteiger partial charge on any atom is -0.311 e. The van der Waals surface area contributed by atoms with Crippen LogP contribution in [0, 0.1) is 5.92 Å². The molecule has 0 aromatic rings. The van der Waals surface area contributed by atoms with Crippen LogP contribution in [-0.4, -0.2) is 68.2 Å². The van der Waals surface area contributed by atoms with Crippen molar-refractivity contribution in [3.05, 3.63) is 0 Å². The molecule has 13 nitrogen and oxygen atoms in total. The second-order valence-electron chi connectivity index (χ2n) is 6.41. The Balaban J connectivity index is 2.70. The van der Waals surface area contributed by atoms with Gasteiger partial charge in [0.2, 0.25) is 5.91 Å². The van der Waals surface area contributed by atoms with Crippen molar-refractivity contribution in [3.8, 4) is 0 Å². The smallest absolute Gasteiger partial charge is 0.311 e. The summed E-state index contributed by atoms with van der Waals surface area (Å²) < 4.78 is 56.3. The van der Waals surface area contributed by atoms with Crippen LogP contribution in [0.25, 0.3) is 0 Å². The summed E-state index contributed by atoms with van der Waals surface area (Å²) in [5, 5.41) is 0. The van der Waals surface area contributed by atoms with Crippen LogP contribution in [0.15, 0.2) is 0 Å². The molecule has 0 aliphatic carbocycles. The molecule has 168 valence electrons. The lowest BCUT2D eigenvalue weighted by molar-refractivity contribution is -0.133. The van der Waals surface area contributed by atoms with Crippen molar-refractivity contribution in [2.75, 3.05) is 18.1 Å². The van der Waals surface area contributed by atoms with Gasteiger partial charge in [0.05, 0.1) is 11.5 Å². The minimum atomic E-state index is -4.92. The Morgan fingerprint density at radius 2 is 1.76 bits per heavy atom. The molecule has 29 heavy (non-hydrogen) atoms. The number of sulfone groups is 1. The molecule has 15 heteroatoms. The Hall–Kier alpha value is -1.97. The van der Waals surface area contributed by atoms with Crippen LogP contribution in [0.4, 0.5) is 4.79 Å². The first-order valence-electron chi connectivity index (χ1n) is 8.92. The summed E-state index contributed by atoms with van der Waals surface area (Å²) in [6.07, 6.45) is 0.976. The highest BCUT2D eigenvalue weighted by Gasteiger charge is 2.31. The van der Waals surface area contributed by atoms with Gasteiger partial charge in [-0.25, -0.2) is 13.2 Å². The first kappa shape index (κ1) is 25.1. The molecule has 1 fully saturated rings. The molecule has 1 heterocycles. The number of nitrogens with one attached hydrogen (secondary N) is 3. The van der Waals surface area contributed by atoms with Crippen LogP contribution in [0.1, 0.15) is 39.5 Å². The van der Waals surface area contributed by atoms with Crippen molar-refractivity contribution in [1.82, 2.24) is 21.2 Å². The molecule has 0 spiro atoms. The number of hydrogen-bond donors (Lipinski definition) is 4. The maximum Gasteiger partial charge on any atom is 0.418 e. The van der Waals surface area contributed by atoms with E-state index < -0.39 is 50.0 Å². The average molecular weight is 459 g/mol. The average Bonchev–Trinajstić information content (AvgIpc) is 2.63. The van der Waals surface area contributed by atoms with Gasteiger partial charge in [-0.2, -0.15) is 13.9 Å². The molecule has 0 aromatic carbocycles. The van der Waals surface area contributed by atoms with Gasteiger partial charge < -0.3 is 4.90 Å². The van der Waals surface area contributed by atoms with Crippen LogP contribution in [0.5, 0.6) is 0 Å². The maximum absolute atomic E-state index is 12.5. The number of rotatable bonds is 8. The highest BCUT2D eigenvalue weighted by Crippen LogP contribution is 2.18. The predicted molar refractivity (Wildman–Crippen MR) is 99.9 cm³/mol. The zero-order valence-corrected chi connectivity index (χ0v) is 17.7. The van der Waals surface area contributed by atoms with Gasteiger partial charge in [-0.3, -0.25) is 25.0 Å². The summed E-state index contributed by atoms with van der Waals surface area (Å²) in [6, 6.07) is -2.15. The zero-order chi connectivity index (χ0) is 22.2. The van der Waals surface area contributed by atoms with Crippen molar-refractivity contribution >= 4 is 38.1 Å². The quantitative estimate of drug-likeness (QED) is 0.258. The Morgan fingerprint density at radius 3 is 2.24 bits per heavy atom. The van der Waals surface area contributed by atoms with Crippen molar-refractivity contribution in [2.24, 2.45) is 5.92 Å². The third kappa shape index (κ3) is 8.51. The summed E-state index contributed by atoms with van der Waals surface area (Å²) in [5.41, 5.74) is 5.96. The fraction of sp³-hybridized carbons (Fsp3) is 0.786. The Kier molecular flexibility index (Phi) is 9.25. The molecule has 0 bridgehead atoms. The molecule has 1 atom stereocenters. The Bertz CT molecular complexity index is 799. The number of hydrogen-bond acceptors (Lipinski definition) is 8. The molecule has 0 radical (unpaired) electrons. The SMILES string of the molecule is CCC[C@@H](C(=O)NNC(=O)C1CCS(=O)(=O)CC1)N(CC)C(=O)NOS(=O)(=O)O. The minimum absolute atomic E-state index is 0.00676. The van der Waals surface area contributed by atoms with Crippen LogP contribution in [-0.2, 0) is 34.1 Å². The first-order valence-corrected chi connectivity index (χ1v) is 12.1. The lowest BCUT2D eigenvalue weighted by atomic mass is 10.0. The second-order valence-corrected chi connectivity index (χ2v) is 9.74. The maximum atomic E-state index is 12.5. The van der Waals surface area contributed by atoms with Gasteiger partial charge in [-0.1, -0.05) is 13.3 Å². The number of nitrogens with zero attached hydrogens (tertiary/aromatic N) is 1. The standard InChI is InChI=1S/C14H26N4O9S2/c1-3-5-11(18(4-2)14(21)17-27-29(24,25)26)13(20)16-15-12(19)10-6-8-28(22,23)9-7-10/h10-11H,3-9H2,1-2H3,(H,15,19)(H,16,20)(H,17,21)(H,24,25,26)/t11-/m0/s1. The fourth-order valence-corrected chi connectivity index (χ4v) is 4.48. The van der Waals surface area contributed by atoms with Crippen molar-refractivity contribution < 1.29 is 40.1 Å². The number of likely N-dealkylation sites (N-methyl/N-ethyl adjacent to an activating group) is 1. The van der Waals surface area contributed by atoms with Gasteiger partial charge in [-0.05, 0) is 26.2 Å². The number of urea groups is 1. The van der Waals surface area contributed by atoms with Crippen molar-refractivity contribution in [2.45, 2.75) is 45.6 Å². The first-order chi connectivity index (χ1) is 13.4. The topological polar surface area (TPSA) is 188 Å². The summed E-state index contributed by atoms with van der Waals surface area (Å²) in [6.45, 7) is 3.28. The number of amides is 4. The number of hydroxylamine groups is 1. The Morgan fingerprint density at radius 1 is 1.17 bits per heavy atom. The molecule has 0 unspecified atom stereocenters. The summed E-state index contributed by atoms with van der Waals surface area (Å²) >= 11 is 0. The number of carbonyl (C=O) groups is 3. The van der Waals surface area contributed by atoms with E-state index in [1.54, 1.807) is 6.92 Å². The van der Waals surface area contributed by atoms with Crippen LogP contribution < -0.4 is 16.3 Å². The van der Waals surface area contributed by atoms with Gasteiger partial charge in [-0.15, -0.1) is 4.28 Å². The van der Waals surface area contributed by atoms with Gasteiger partial charge in [0.25, 0.3) is 5.91 Å². The molecule has 4 amide bonds. The van der Waals surface area contributed by atoms with Crippen LogP contribution >= 0.6 is 0 Å². The third-order valence-corrected chi connectivity index (χ3v) is 6.32. The highest BCUT2D eigenvalue weighted by molar-refractivity contribution is 7.91. The van der Waals surface area contributed by atoms with Crippen molar-refractivity contribution in [1.29, 1.82) is 0 Å². The predicted octanol–water partition coefficient (Wildman–Crippen LogP) is -1.11. The zero-order valence-electron chi connectivity index (χ0n) is 16.1. The summed E-state index contributed by atoms with van der Waals surface area (Å²) in [5.74, 6) is -2.03. The van der Waals surface area contributed by atoms with Crippen LogP contribution in [0.3, 0.4) is 0 Å². The molecule has 1 aliphatic rings. The van der Waals surface area contributed by atoms with E-state index >= 15 is 0 Å². The van der Waals surface area contributed by atoms with E-state index in [0.717, 1.165) is 4.90 Å². The molecule has 1 rings (SSSR count). The van der Waals surface area contributed by atoms with Gasteiger partial charge in [0.15, 0.2) is 0 Å². The van der Waals surface area contributed by atoms with E-state index in [-0.39, 0.29) is 37.3 Å². The van der Waals surface area contributed by atoms with E-state index in [1.807, 2.05) is 0 Å². The lowest BCUT2D eigenvalue weighted by Crippen LogP contribution is -2.56. The molecule has 0 saturated carbocycles. The van der Waals surface area contributed by atoms with E-state index in [9.17, 15) is 31.2 Å². The molecule has 1 aliphatic heterocycles. The monoisotopic (exact) mass is 458 g/mol. The largest absolute Gasteiger partial charge is 0.418 e. The van der Waals surface area contributed by atoms with E-state index in [4.69, 9.17) is 4.55 Å². The number of hydrazine groups is 1. The molecule has 1 saturated heterocycles. The summed E-state index contributed by atoms with van der Waals surface area (Å²) in [7, 11) is -8.05. The second kappa shape index (κ2) is 10.7. The lowest BCUT2D eigenvalue weighted by Gasteiger charge is -2.29. The highest BCUT2D eigenvalue weighted by atomic mass is 32.3. The van der Waals surface area contributed by atoms with Gasteiger partial charge >= 0.3 is 16.4 Å². The van der Waals surface area contributed by atoms with E-state index in [2.05, 4.69) is 15.1 Å². The van der Waals surface area contributed by atoms with Gasteiger partial charge in [0, 0.05) is 12.5 Å². The Labute approximate surface area is 169 Å². The molecule has 4 N–H and O–H groups in total. The molecular formula is C14H26N4O9S2. The van der Waals surface area contributed by atoms with E-state index in [1.165, 1.54) is 12.4 Å². The third-order valence-electron chi connectivity index (χ3n) is 4.31. The van der Waals surface area contributed by atoms with E-state index in [0.29, 0.717) is 6.42 Å². The van der Waals surface area contributed by atoms with Gasteiger partial charge in [0.1, 0.15) is 15.9 Å². The summed E-state index contributed by atoms with van der Waals surface area (Å²) in [4.78, 5) is 37.7. The molecule has 0 aromatic heterocycles. The van der Waals surface area contributed by atoms with Crippen molar-refractivity contribution in [3.63, 3.8) is 0 Å².